The summed E-state index contributed by atoms with van der Waals surface area (Å²) < 4.78 is 4.58. The van der Waals surface area contributed by atoms with E-state index in [0.29, 0.717) is 6.42 Å². The smallest absolute Gasteiger partial charge is 0.348 e. The number of carboxylic acid groups (broad SMARTS) is 2. The zero-order valence-electron chi connectivity index (χ0n) is 14.5. The number of carbonyl (C=O) groups is 3. The van der Waals surface area contributed by atoms with Crippen LogP contribution in [-0.4, -0.2) is 44.9 Å². The molecular formula is C18H28O7. The first-order valence-corrected chi connectivity index (χ1v) is 8.85. The highest BCUT2D eigenvalue weighted by Gasteiger charge is 2.64. The number of aliphatic hydroxyl groups is 1. The zero-order chi connectivity index (χ0) is 18.9. The van der Waals surface area contributed by atoms with Crippen molar-refractivity contribution in [2.75, 3.05) is 0 Å². The summed E-state index contributed by atoms with van der Waals surface area (Å²) in [5, 5.41) is 28.4. The van der Waals surface area contributed by atoms with Crippen LogP contribution < -0.4 is 0 Å². The van der Waals surface area contributed by atoms with Gasteiger partial charge in [-0.15, -0.1) is 6.58 Å². The molecule has 0 bridgehead atoms. The molecule has 1 heterocycles. The van der Waals surface area contributed by atoms with E-state index in [-0.39, 0.29) is 6.42 Å². The Morgan fingerprint density at radius 1 is 1.04 bits per heavy atom. The normalized spacial score (nSPS) is 25.6. The third-order valence-electron chi connectivity index (χ3n) is 4.67. The predicted molar refractivity (Wildman–Crippen MR) is 90.0 cm³/mol. The van der Waals surface area contributed by atoms with Gasteiger partial charge in [0.2, 0.25) is 11.7 Å². The summed E-state index contributed by atoms with van der Waals surface area (Å²) in [6.45, 7) is 3.68. The van der Waals surface area contributed by atoms with Crippen LogP contribution in [0.2, 0.25) is 0 Å². The van der Waals surface area contributed by atoms with Crippen LogP contribution in [0.25, 0.3) is 0 Å². The standard InChI is InChI=1S/C18H28O7/c1-2-3-4-5-6-7-8-9-10-11-12-13-16(21)25-14(15(19)20)18(13,24)17(22)23/h2,13-14,24H,1,3-12H2,(H,19,20)(H,22,23). The molecule has 142 valence electrons. The zero-order valence-corrected chi connectivity index (χ0v) is 14.5. The van der Waals surface area contributed by atoms with Crippen molar-refractivity contribution in [3.63, 3.8) is 0 Å². The van der Waals surface area contributed by atoms with Gasteiger partial charge in [-0.2, -0.15) is 0 Å². The lowest BCUT2D eigenvalue weighted by Gasteiger charge is -2.24. The lowest BCUT2D eigenvalue weighted by atomic mass is 9.82. The number of allylic oxidation sites excluding steroid dienone is 1. The van der Waals surface area contributed by atoms with Gasteiger partial charge >= 0.3 is 17.9 Å². The van der Waals surface area contributed by atoms with Gasteiger partial charge in [-0.3, -0.25) is 4.79 Å². The quantitative estimate of drug-likeness (QED) is 0.263. The molecule has 0 aromatic carbocycles. The number of ether oxygens (including phenoxy) is 1. The number of rotatable bonds is 13. The number of carboxylic acids is 2. The molecule has 0 radical (unpaired) electrons. The van der Waals surface area contributed by atoms with Gasteiger partial charge < -0.3 is 20.1 Å². The lowest BCUT2D eigenvalue weighted by Crippen LogP contribution is -2.54. The van der Waals surface area contributed by atoms with Crippen molar-refractivity contribution in [3.05, 3.63) is 12.7 Å². The second-order valence-electron chi connectivity index (χ2n) is 6.53. The van der Waals surface area contributed by atoms with Crippen LogP contribution in [0.15, 0.2) is 12.7 Å². The van der Waals surface area contributed by atoms with Gasteiger partial charge in [0.1, 0.15) is 5.92 Å². The summed E-state index contributed by atoms with van der Waals surface area (Å²) in [6, 6.07) is 0. The average Bonchev–Trinajstić information content (AvgIpc) is 2.82. The van der Waals surface area contributed by atoms with E-state index >= 15 is 0 Å². The Balaban J connectivity index is 2.33. The molecule has 1 fully saturated rings. The van der Waals surface area contributed by atoms with Crippen molar-refractivity contribution in [3.8, 4) is 0 Å². The Kier molecular flexibility index (Phi) is 8.61. The molecule has 1 saturated heterocycles. The minimum absolute atomic E-state index is 0.102. The SMILES string of the molecule is C=CCCCCCCCCCCC1C(=O)OC(C(=O)O)C1(O)C(=O)O. The summed E-state index contributed by atoms with van der Waals surface area (Å²) in [4.78, 5) is 34.2. The van der Waals surface area contributed by atoms with Crippen LogP contribution in [0.4, 0.5) is 0 Å². The molecule has 7 nitrogen and oxygen atoms in total. The topological polar surface area (TPSA) is 121 Å². The van der Waals surface area contributed by atoms with Gasteiger partial charge in [0, 0.05) is 0 Å². The lowest BCUT2D eigenvalue weighted by molar-refractivity contribution is -0.179. The maximum absolute atomic E-state index is 11.8. The predicted octanol–water partition coefficient (Wildman–Crippen LogP) is 2.52. The first-order valence-electron chi connectivity index (χ1n) is 8.85. The molecule has 25 heavy (non-hydrogen) atoms. The van der Waals surface area contributed by atoms with Crippen LogP contribution in [-0.2, 0) is 19.1 Å². The van der Waals surface area contributed by atoms with Crippen LogP contribution in [0.3, 0.4) is 0 Å². The van der Waals surface area contributed by atoms with Crippen molar-refractivity contribution in [2.24, 2.45) is 5.92 Å². The largest absolute Gasteiger partial charge is 0.479 e. The number of aliphatic carboxylic acids is 2. The van der Waals surface area contributed by atoms with Crippen LogP contribution in [0.1, 0.15) is 64.2 Å². The summed E-state index contributed by atoms with van der Waals surface area (Å²) >= 11 is 0. The molecule has 1 aliphatic rings. The number of unbranched alkanes of at least 4 members (excludes halogenated alkanes) is 8. The van der Waals surface area contributed by atoms with Crippen LogP contribution >= 0.6 is 0 Å². The third kappa shape index (κ3) is 5.56. The number of hydrogen-bond acceptors (Lipinski definition) is 5. The molecule has 0 aromatic heterocycles. The van der Waals surface area contributed by atoms with Crippen molar-refractivity contribution in [1.29, 1.82) is 0 Å². The summed E-state index contributed by atoms with van der Waals surface area (Å²) in [5.74, 6) is -5.70. The maximum atomic E-state index is 11.8. The first-order chi connectivity index (χ1) is 11.9. The van der Waals surface area contributed by atoms with E-state index in [0.717, 1.165) is 38.5 Å². The van der Waals surface area contributed by atoms with Gasteiger partial charge in [-0.1, -0.05) is 51.0 Å². The average molecular weight is 356 g/mol. The second-order valence-corrected chi connectivity index (χ2v) is 6.53. The molecule has 7 heteroatoms. The van der Waals surface area contributed by atoms with E-state index in [2.05, 4.69) is 11.3 Å². The molecule has 1 rings (SSSR count). The Bertz CT molecular complexity index is 488. The second kappa shape index (κ2) is 10.2. The monoisotopic (exact) mass is 356 g/mol. The summed E-state index contributed by atoms with van der Waals surface area (Å²) in [5.41, 5.74) is -2.70. The molecule has 0 aromatic rings. The van der Waals surface area contributed by atoms with Crippen molar-refractivity contribution in [1.82, 2.24) is 0 Å². The van der Waals surface area contributed by atoms with Crippen LogP contribution in [0.5, 0.6) is 0 Å². The Morgan fingerprint density at radius 3 is 2.04 bits per heavy atom. The van der Waals surface area contributed by atoms with Gasteiger partial charge in [0.25, 0.3) is 0 Å². The third-order valence-corrected chi connectivity index (χ3v) is 4.67. The number of carbonyl (C=O) groups excluding carboxylic acids is 1. The van der Waals surface area contributed by atoms with Crippen molar-refractivity contribution >= 4 is 17.9 Å². The van der Waals surface area contributed by atoms with E-state index in [1.165, 1.54) is 12.8 Å². The Hall–Kier alpha value is -1.89. The molecule has 0 aliphatic carbocycles. The highest BCUT2D eigenvalue weighted by molar-refractivity contribution is 5.97. The number of hydrogen-bond donors (Lipinski definition) is 3. The molecule has 0 spiro atoms. The van der Waals surface area contributed by atoms with E-state index < -0.39 is 35.5 Å². The van der Waals surface area contributed by atoms with Crippen LogP contribution in [0, 0.1) is 5.92 Å². The highest BCUT2D eigenvalue weighted by atomic mass is 16.6. The highest BCUT2D eigenvalue weighted by Crippen LogP contribution is 2.37. The van der Waals surface area contributed by atoms with E-state index in [1.54, 1.807) is 0 Å². The Morgan fingerprint density at radius 2 is 1.56 bits per heavy atom. The van der Waals surface area contributed by atoms with E-state index in [9.17, 15) is 24.6 Å². The minimum Gasteiger partial charge on any atom is -0.479 e. The van der Waals surface area contributed by atoms with Crippen molar-refractivity contribution < 1.29 is 34.4 Å². The molecule has 1 aliphatic heterocycles. The number of esters is 1. The molecule has 0 saturated carbocycles. The molecular weight excluding hydrogens is 328 g/mol. The number of cyclic esters (lactones) is 1. The van der Waals surface area contributed by atoms with Crippen molar-refractivity contribution in [2.45, 2.75) is 75.9 Å². The van der Waals surface area contributed by atoms with Gasteiger partial charge in [-0.05, 0) is 19.3 Å². The molecule has 3 N–H and O–H groups in total. The summed E-state index contributed by atoms with van der Waals surface area (Å²) in [7, 11) is 0. The minimum atomic E-state index is -2.70. The fraction of sp³-hybridized carbons (Fsp3) is 0.722. The molecule has 3 unspecified atom stereocenters. The van der Waals surface area contributed by atoms with E-state index in [4.69, 9.17) is 5.11 Å². The Labute approximate surface area is 147 Å². The van der Waals surface area contributed by atoms with Gasteiger partial charge in [0.15, 0.2) is 0 Å². The van der Waals surface area contributed by atoms with Gasteiger partial charge in [-0.25, -0.2) is 9.59 Å². The van der Waals surface area contributed by atoms with E-state index in [1.807, 2.05) is 6.08 Å². The molecule has 0 amide bonds. The molecule has 3 atom stereocenters. The first kappa shape index (κ1) is 21.2. The fourth-order valence-electron chi connectivity index (χ4n) is 3.19. The summed E-state index contributed by atoms with van der Waals surface area (Å²) in [6.07, 6.45) is 8.99. The fourth-order valence-corrected chi connectivity index (χ4v) is 3.19. The maximum Gasteiger partial charge on any atom is 0.348 e. The van der Waals surface area contributed by atoms with Gasteiger partial charge in [0.05, 0.1) is 0 Å².